The molecular weight excluding hydrogens is 1630 g/mol. The second-order valence-electron chi connectivity index (χ2n) is 30.2. The maximum absolute atomic E-state index is 12.9. The molecular formula is C80H84N20O16S4. The van der Waals surface area contributed by atoms with Crippen LogP contribution in [0, 0.1) is 27.3 Å². The largest absolute Gasteiger partial charge is 0.493 e. The first-order valence-corrected chi connectivity index (χ1v) is 44.1. The summed E-state index contributed by atoms with van der Waals surface area (Å²) in [6.07, 6.45) is 11.1. The summed E-state index contributed by atoms with van der Waals surface area (Å²) in [7, 11) is -8.91. The summed E-state index contributed by atoms with van der Waals surface area (Å²) in [5.41, 5.74) is 29.5. The lowest BCUT2D eigenvalue weighted by molar-refractivity contribution is 0.0979. The number of carbonyl (C=O) groups excluding carboxylic acids is 4. The minimum atomic E-state index is -3.63. The molecule has 0 aliphatic carbocycles. The van der Waals surface area contributed by atoms with Crippen molar-refractivity contribution in [3.63, 3.8) is 0 Å². The van der Waals surface area contributed by atoms with Gasteiger partial charge in [-0.1, -0.05) is 30.3 Å². The number of ketones is 4. The Morgan fingerprint density at radius 1 is 0.417 bits per heavy atom. The van der Waals surface area contributed by atoms with Crippen molar-refractivity contribution in [3.05, 3.63) is 236 Å². The van der Waals surface area contributed by atoms with Crippen LogP contribution in [-0.4, -0.2) is 210 Å². The summed E-state index contributed by atoms with van der Waals surface area (Å²) in [5.74, 6) is 0.478. The molecule has 40 heteroatoms. The molecule has 4 spiro atoms. The molecule has 0 amide bonds. The third kappa shape index (κ3) is 16.7. The van der Waals surface area contributed by atoms with Gasteiger partial charge in [-0.2, -0.15) is 5.10 Å². The van der Waals surface area contributed by atoms with Crippen LogP contribution in [0.3, 0.4) is 0 Å². The minimum absolute atomic E-state index is 0.0507. The number of rotatable bonds is 12. The smallest absolute Gasteiger partial charge is 0.239 e. The number of fused-ring (bicyclic) bond motifs is 9. The van der Waals surface area contributed by atoms with E-state index in [4.69, 9.17) is 48.5 Å². The van der Waals surface area contributed by atoms with Crippen LogP contribution in [0.2, 0.25) is 0 Å². The first-order valence-electron chi connectivity index (χ1n) is 37.6. The normalized spacial score (nSPS) is 22.2. The number of pyridine rings is 2. The Morgan fingerprint density at radius 3 is 1.05 bits per heavy atom. The minimum Gasteiger partial charge on any atom is -0.493 e. The molecule has 0 unspecified atom stereocenters. The Hall–Kier alpha value is -12.9. The van der Waals surface area contributed by atoms with Gasteiger partial charge in [0.15, 0.2) is 23.1 Å². The highest BCUT2D eigenvalue weighted by Crippen LogP contribution is 2.48. The number of aromatic nitrogens is 7. The molecule has 8 N–H and O–H groups in total. The van der Waals surface area contributed by atoms with E-state index in [1.54, 1.807) is 123 Å². The fraction of sp³-hybridized carbons (Fsp3) is 0.338. The number of aliphatic imine (C=N–C) groups is 4. The predicted octanol–water partition coefficient (Wildman–Crippen LogP) is 4.82. The van der Waals surface area contributed by atoms with E-state index in [9.17, 15) is 52.8 Å². The fourth-order valence-electron chi connectivity index (χ4n) is 15.2. The number of hydrogen-bond donors (Lipinski definition) is 4. The first kappa shape index (κ1) is 83.6. The third-order valence-electron chi connectivity index (χ3n) is 21.9. The number of benzene rings is 4. The number of carbonyl (C=O) groups is 4. The van der Waals surface area contributed by atoms with Gasteiger partial charge >= 0.3 is 0 Å². The van der Waals surface area contributed by atoms with Crippen molar-refractivity contribution in [1.29, 1.82) is 0 Å². The van der Waals surface area contributed by atoms with E-state index < -0.39 is 62.2 Å². The number of ether oxygens (including phenoxy) is 4. The second kappa shape index (κ2) is 32.1. The standard InChI is InChI=1S/2C21H21N5O4S.2C19H21N5O4S/c1-25-20(22)23-21(13-31(25,28)29)7-9-30-19-6-5-14(10-16(19)21)11-18(27)17-12-15-4-2-3-8-26(15)24-17;1-13-8-15(23-2)11-24-19(13)17(27)10-14-4-5-18-16(9-14)21(6-7-30-18)12-31(28,29)26(3)20(22)25-21;2*1-12-9-22-15(10-21-12)16(25)8-13-3-4-17-14(7-13)19(5-6-28-17)11-29(26,27)24(2)18(20)23-19/h2-6,8,10,12H,7,9,11,13H2,1H3,(H2,22,23);4-5,8-9,11H,6-7,10,12H2,1,3H3,(H2,22,25);2*3-4,7,9-10H,5-6,8,11H2,1-2H3,(H2,20,23)/t2*21-;2*19-/m0000/s1. The van der Waals surface area contributed by atoms with Gasteiger partial charge < -0.3 is 41.9 Å². The summed E-state index contributed by atoms with van der Waals surface area (Å²) < 4.78 is 130. The molecule has 5 aromatic heterocycles. The number of aryl methyl sites for hydroxylation is 3. The van der Waals surface area contributed by atoms with E-state index in [0.717, 1.165) is 39.7 Å². The quantitative estimate of drug-likeness (QED) is 0.0940. The topological polar surface area (TPSA) is 494 Å². The van der Waals surface area contributed by atoms with Crippen LogP contribution in [0.4, 0.5) is 5.69 Å². The summed E-state index contributed by atoms with van der Waals surface area (Å²) in [6, 6.07) is 30.3. The molecule has 624 valence electrons. The lowest BCUT2D eigenvalue weighted by Crippen LogP contribution is -2.52. The van der Waals surface area contributed by atoms with Crippen LogP contribution in [-0.2, 0) is 87.9 Å². The van der Waals surface area contributed by atoms with Crippen molar-refractivity contribution in [3.8, 4) is 23.0 Å². The van der Waals surface area contributed by atoms with Crippen LogP contribution in [0.1, 0.15) is 129 Å². The van der Waals surface area contributed by atoms with Gasteiger partial charge in [0.1, 0.15) is 67.9 Å². The number of sulfonamides is 4. The zero-order valence-electron chi connectivity index (χ0n) is 66.2. The maximum atomic E-state index is 12.9. The summed E-state index contributed by atoms with van der Waals surface area (Å²) >= 11 is 0. The summed E-state index contributed by atoms with van der Waals surface area (Å²) in [6.45, 7) is 13.7. The van der Waals surface area contributed by atoms with E-state index >= 15 is 0 Å². The number of Topliss-reactive ketones (excluding diaryl/α,β-unsaturated/α-hetero) is 4. The van der Waals surface area contributed by atoms with Crippen molar-refractivity contribution in [2.24, 2.45) is 42.9 Å². The summed E-state index contributed by atoms with van der Waals surface area (Å²) in [5, 5.41) is 4.34. The Bertz CT molecular complexity index is 6150. The van der Waals surface area contributed by atoms with Crippen molar-refractivity contribution in [2.45, 2.75) is 94.3 Å². The Labute approximate surface area is 691 Å². The van der Waals surface area contributed by atoms with Gasteiger partial charge in [0, 0.05) is 127 Å². The SMILES string of the molecule is CN1C(N)=N[C@@]2(CCOc3ccc(CC(=O)c4cc5ccccn5n4)cc32)CS1(=O)=O.Cc1cnc(C(=O)Cc2ccc3c(c2)[C@]2(CCO3)CS(=O)(=O)N(C)C(N)=N2)cn1.Cc1cnc(C(=O)Cc2ccc3c(c2)[C@]2(CCO3)CS(=O)(=O)N(C)C(N)=N2)cn1.[C-]#[N+]c1cnc(C(=O)Cc2ccc3c(c2)[C@]2(CCO3)CS(=O)(=O)N(C)C(N)=N2)c(C)c1. The monoisotopic (exact) mass is 1710 g/mol. The van der Waals surface area contributed by atoms with Crippen molar-refractivity contribution in [1.82, 2.24) is 51.8 Å². The summed E-state index contributed by atoms with van der Waals surface area (Å²) in [4.78, 5) is 92.9. The van der Waals surface area contributed by atoms with E-state index in [1.807, 2.05) is 24.3 Å². The molecule has 9 aromatic rings. The van der Waals surface area contributed by atoms with E-state index in [-0.39, 0.29) is 107 Å². The van der Waals surface area contributed by atoms with E-state index in [1.165, 1.54) is 46.8 Å². The Kier molecular flexibility index (Phi) is 22.4. The number of guanidine groups is 4. The van der Waals surface area contributed by atoms with Gasteiger partial charge in [-0.05, 0) is 121 Å². The van der Waals surface area contributed by atoms with Crippen molar-refractivity contribution in [2.75, 3.05) is 77.6 Å². The van der Waals surface area contributed by atoms with Crippen LogP contribution in [0.15, 0.2) is 160 Å². The van der Waals surface area contributed by atoms with Crippen LogP contribution in [0.5, 0.6) is 23.0 Å². The third-order valence-corrected chi connectivity index (χ3v) is 29.4. The van der Waals surface area contributed by atoms with Gasteiger partial charge in [0.2, 0.25) is 69.6 Å². The average molecular weight is 1710 g/mol. The molecule has 0 saturated heterocycles. The molecule has 0 fully saturated rings. The van der Waals surface area contributed by atoms with Crippen molar-refractivity contribution >= 4 is 98.3 Å². The van der Waals surface area contributed by atoms with Crippen molar-refractivity contribution < 1.29 is 71.8 Å². The highest BCUT2D eigenvalue weighted by atomic mass is 32.2. The molecule has 8 aliphatic heterocycles. The van der Waals surface area contributed by atoms with E-state index in [2.05, 4.69) is 54.8 Å². The highest BCUT2D eigenvalue weighted by molar-refractivity contribution is 7.90. The number of hydrogen-bond acceptors (Lipinski definition) is 30. The molecule has 8 aliphatic rings. The molecule has 36 nitrogen and oxygen atoms in total. The molecule has 0 radical (unpaired) electrons. The molecule has 17 rings (SSSR count). The molecule has 0 saturated carbocycles. The maximum Gasteiger partial charge on any atom is 0.239 e. The van der Waals surface area contributed by atoms with Gasteiger partial charge in [-0.15, -0.1) is 0 Å². The molecule has 0 bridgehead atoms. The average Bonchev–Trinajstić information content (AvgIpc) is 0.887. The molecule has 13 heterocycles. The Balaban J connectivity index is 0.000000131. The first-order chi connectivity index (χ1) is 56.8. The fourth-order valence-corrected chi connectivity index (χ4v) is 21.2. The van der Waals surface area contributed by atoms with E-state index in [0.29, 0.717) is 137 Å². The molecule has 120 heavy (non-hydrogen) atoms. The Morgan fingerprint density at radius 2 is 0.750 bits per heavy atom. The predicted molar refractivity (Wildman–Crippen MR) is 442 cm³/mol. The lowest BCUT2D eigenvalue weighted by Gasteiger charge is -2.40. The second-order valence-corrected chi connectivity index (χ2v) is 38.2. The highest BCUT2D eigenvalue weighted by Gasteiger charge is 2.51. The van der Waals surface area contributed by atoms with Gasteiger partial charge in [0.05, 0.1) is 85.3 Å². The van der Waals surface area contributed by atoms with Gasteiger partial charge in [0.25, 0.3) is 0 Å². The molecule has 4 atom stereocenters. The zero-order valence-corrected chi connectivity index (χ0v) is 69.5. The van der Waals surface area contributed by atoms with Gasteiger partial charge in [-0.25, -0.2) is 90.2 Å². The number of nitrogens with two attached hydrogens (primary N) is 4. The van der Waals surface area contributed by atoms with Crippen LogP contribution >= 0.6 is 0 Å². The number of nitrogens with zero attached hydrogens (tertiary/aromatic N) is 16. The lowest BCUT2D eigenvalue weighted by atomic mass is 9.85. The molecule has 4 aromatic carbocycles. The van der Waals surface area contributed by atoms with Crippen LogP contribution in [0.25, 0.3) is 10.4 Å². The van der Waals surface area contributed by atoms with Crippen LogP contribution < -0.4 is 41.9 Å². The van der Waals surface area contributed by atoms with Gasteiger partial charge in [-0.3, -0.25) is 34.1 Å². The zero-order chi connectivity index (χ0) is 85.8.